The molecule has 5 nitrogen and oxygen atoms in total. The number of benzene rings is 2. The van der Waals surface area contributed by atoms with Crippen molar-refractivity contribution in [1.82, 2.24) is 10.2 Å². The lowest BCUT2D eigenvalue weighted by Crippen LogP contribution is -2.53. The van der Waals surface area contributed by atoms with Crippen molar-refractivity contribution in [2.45, 2.75) is 45.8 Å². The van der Waals surface area contributed by atoms with Crippen molar-refractivity contribution in [2.75, 3.05) is 6.61 Å². The summed E-state index contributed by atoms with van der Waals surface area (Å²) >= 11 is 2.18. The Hall–Kier alpha value is -2.16. The fourth-order valence-electron chi connectivity index (χ4n) is 2.63. The molecule has 2 rings (SSSR count). The maximum atomic E-state index is 14.2. The number of halogens is 2. The van der Waals surface area contributed by atoms with E-state index in [0.29, 0.717) is 11.3 Å². The van der Waals surface area contributed by atoms with E-state index in [9.17, 15) is 14.0 Å². The van der Waals surface area contributed by atoms with Crippen LogP contribution in [-0.2, 0) is 16.1 Å². The van der Waals surface area contributed by atoms with Gasteiger partial charge in [0.25, 0.3) is 5.91 Å². The number of nitrogens with zero attached hydrogens (tertiary/aromatic N) is 1. The Morgan fingerprint density at radius 3 is 2.34 bits per heavy atom. The molecule has 2 aromatic rings. The average Bonchev–Trinajstić information content (AvgIpc) is 2.65. The zero-order valence-electron chi connectivity index (χ0n) is 17.0. The molecule has 2 amide bonds. The van der Waals surface area contributed by atoms with Crippen LogP contribution in [0, 0.1) is 9.39 Å². The Morgan fingerprint density at radius 1 is 1.14 bits per heavy atom. The van der Waals surface area contributed by atoms with Crippen LogP contribution in [0.15, 0.2) is 48.5 Å². The topological polar surface area (TPSA) is 58.6 Å². The van der Waals surface area contributed by atoms with Crippen LogP contribution in [0.4, 0.5) is 4.39 Å². The van der Waals surface area contributed by atoms with Crippen LogP contribution in [0.5, 0.6) is 5.75 Å². The summed E-state index contributed by atoms with van der Waals surface area (Å²) in [4.78, 5) is 26.9. The molecule has 0 aliphatic carbocycles. The summed E-state index contributed by atoms with van der Waals surface area (Å²) < 4.78 is 20.8. The van der Waals surface area contributed by atoms with Crippen LogP contribution in [-0.4, -0.2) is 34.9 Å². The van der Waals surface area contributed by atoms with E-state index < -0.39 is 23.3 Å². The predicted octanol–water partition coefficient (Wildman–Crippen LogP) is 4.14. The first-order valence-corrected chi connectivity index (χ1v) is 10.4. The van der Waals surface area contributed by atoms with Crippen molar-refractivity contribution in [1.29, 1.82) is 0 Å². The number of hydrogen-bond acceptors (Lipinski definition) is 3. The largest absolute Gasteiger partial charge is 0.484 e. The first-order chi connectivity index (χ1) is 13.6. The molecule has 0 aliphatic heterocycles. The van der Waals surface area contributed by atoms with E-state index in [-0.39, 0.29) is 19.1 Å². The van der Waals surface area contributed by atoms with Crippen molar-refractivity contribution >= 4 is 34.4 Å². The van der Waals surface area contributed by atoms with Crippen molar-refractivity contribution in [3.63, 3.8) is 0 Å². The van der Waals surface area contributed by atoms with Crippen LogP contribution >= 0.6 is 22.6 Å². The van der Waals surface area contributed by atoms with Crippen LogP contribution in [0.2, 0.25) is 0 Å². The molecule has 1 atom stereocenters. The van der Waals surface area contributed by atoms with Crippen LogP contribution in [0.1, 0.15) is 33.3 Å². The molecule has 0 unspecified atom stereocenters. The summed E-state index contributed by atoms with van der Waals surface area (Å²) in [5.41, 5.74) is -0.110. The fourth-order valence-corrected chi connectivity index (χ4v) is 2.99. The van der Waals surface area contributed by atoms with E-state index in [4.69, 9.17) is 4.74 Å². The normalized spacial score (nSPS) is 12.2. The maximum Gasteiger partial charge on any atom is 0.261 e. The lowest BCUT2D eigenvalue weighted by molar-refractivity contribution is -0.142. The van der Waals surface area contributed by atoms with E-state index in [1.807, 2.05) is 32.9 Å². The van der Waals surface area contributed by atoms with Gasteiger partial charge in [0.2, 0.25) is 5.91 Å². The van der Waals surface area contributed by atoms with Gasteiger partial charge in [-0.15, -0.1) is 0 Å². The van der Waals surface area contributed by atoms with Crippen molar-refractivity contribution < 1.29 is 18.7 Å². The van der Waals surface area contributed by atoms with E-state index >= 15 is 0 Å². The highest BCUT2D eigenvalue weighted by atomic mass is 127. The molecule has 7 heteroatoms. The van der Waals surface area contributed by atoms with Crippen molar-refractivity contribution in [2.24, 2.45) is 0 Å². The third-order valence-electron chi connectivity index (χ3n) is 4.14. The minimum atomic E-state index is -0.790. The van der Waals surface area contributed by atoms with E-state index in [1.165, 1.54) is 11.0 Å². The summed E-state index contributed by atoms with van der Waals surface area (Å²) in [5.74, 6) is -0.580. The van der Waals surface area contributed by atoms with Gasteiger partial charge in [0.05, 0.1) is 0 Å². The summed E-state index contributed by atoms with van der Waals surface area (Å²) in [6.07, 6.45) is 0. The molecule has 0 saturated carbocycles. The Morgan fingerprint density at radius 2 is 1.76 bits per heavy atom. The molecule has 0 aliphatic rings. The van der Waals surface area contributed by atoms with Crippen molar-refractivity contribution in [3.05, 3.63) is 63.5 Å². The molecule has 0 radical (unpaired) electrons. The molecule has 2 aromatic carbocycles. The van der Waals surface area contributed by atoms with Gasteiger partial charge in [-0.1, -0.05) is 18.2 Å². The number of nitrogens with one attached hydrogen (secondary N) is 1. The molecular formula is C22H26FIN2O3. The third kappa shape index (κ3) is 7.30. The monoisotopic (exact) mass is 512 g/mol. The number of rotatable bonds is 7. The fraction of sp³-hybridized carbons (Fsp3) is 0.364. The maximum absolute atomic E-state index is 14.2. The smallest absolute Gasteiger partial charge is 0.261 e. The average molecular weight is 512 g/mol. The molecule has 156 valence electrons. The van der Waals surface area contributed by atoms with Gasteiger partial charge in [0.15, 0.2) is 6.61 Å². The van der Waals surface area contributed by atoms with Crippen LogP contribution in [0.3, 0.4) is 0 Å². The van der Waals surface area contributed by atoms with Gasteiger partial charge in [-0.05, 0) is 80.6 Å². The zero-order valence-corrected chi connectivity index (χ0v) is 19.2. The van der Waals surface area contributed by atoms with Gasteiger partial charge in [0.1, 0.15) is 17.6 Å². The number of amides is 2. The SMILES string of the molecule is C[C@@H](C(=O)NC(C)(C)C)N(Cc1ccccc1F)C(=O)COc1ccc(I)cc1. The van der Waals surface area contributed by atoms with Gasteiger partial charge in [0, 0.05) is 21.2 Å². The Labute approximate surface area is 184 Å². The van der Waals surface area contributed by atoms with Crippen LogP contribution < -0.4 is 10.1 Å². The summed E-state index contributed by atoms with van der Waals surface area (Å²) in [6.45, 7) is 6.94. The van der Waals surface area contributed by atoms with Gasteiger partial charge in [-0.25, -0.2) is 4.39 Å². The number of carbonyl (C=O) groups excluding carboxylic acids is 2. The van der Waals surface area contributed by atoms with Gasteiger partial charge in [-0.3, -0.25) is 9.59 Å². The van der Waals surface area contributed by atoms with Crippen molar-refractivity contribution in [3.8, 4) is 5.75 Å². The number of ether oxygens (including phenoxy) is 1. The van der Waals surface area contributed by atoms with Crippen LogP contribution in [0.25, 0.3) is 0 Å². The number of hydrogen-bond donors (Lipinski definition) is 1. The van der Waals surface area contributed by atoms with E-state index in [1.54, 1.807) is 37.3 Å². The lowest BCUT2D eigenvalue weighted by Gasteiger charge is -2.31. The molecule has 0 bridgehead atoms. The second kappa shape index (κ2) is 10.0. The second-order valence-corrected chi connectivity index (χ2v) is 9.02. The summed E-state index contributed by atoms with van der Waals surface area (Å²) in [5, 5.41) is 2.87. The molecule has 1 N–H and O–H groups in total. The summed E-state index contributed by atoms with van der Waals surface area (Å²) in [6, 6.07) is 12.7. The number of carbonyl (C=O) groups is 2. The quantitative estimate of drug-likeness (QED) is 0.568. The molecule has 0 saturated heterocycles. The molecule has 0 spiro atoms. The van der Waals surface area contributed by atoms with Gasteiger partial charge >= 0.3 is 0 Å². The minimum Gasteiger partial charge on any atom is -0.484 e. The third-order valence-corrected chi connectivity index (χ3v) is 4.86. The predicted molar refractivity (Wildman–Crippen MR) is 119 cm³/mol. The Kier molecular flexibility index (Phi) is 8.01. The van der Waals surface area contributed by atoms with Gasteiger partial charge < -0.3 is 15.0 Å². The highest BCUT2D eigenvalue weighted by molar-refractivity contribution is 14.1. The standard InChI is InChI=1S/C22H26FIN2O3/c1-15(21(28)25-22(2,3)4)26(13-16-7-5-6-8-19(16)23)20(27)14-29-18-11-9-17(24)10-12-18/h5-12,15H,13-14H2,1-4H3,(H,25,28)/t15-/m0/s1. The summed E-state index contributed by atoms with van der Waals surface area (Å²) in [7, 11) is 0. The highest BCUT2D eigenvalue weighted by Crippen LogP contribution is 2.16. The molecule has 0 aromatic heterocycles. The molecule has 0 heterocycles. The van der Waals surface area contributed by atoms with E-state index in [0.717, 1.165) is 3.57 Å². The molecular weight excluding hydrogens is 486 g/mol. The molecule has 0 fully saturated rings. The second-order valence-electron chi connectivity index (χ2n) is 7.77. The highest BCUT2D eigenvalue weighted by Gasteiger charge is 2.29. The Bertz CT molecular complexity index is 850. The lowest BCUT2D eigenvalue weighted by atomic mass is 10.1. The zero-order chi connectivity index (χ0) is 21.6. The minimum absolute atomic E-state index is 0.0275. The first-order valence-electron chi connectivity index (χ1n) is 9.30. The van der Waals surface area contributed by atoms with E-state index in [2.05, 4.69) is 27.9 Å². The Balaban J connectivity index is 2.18. The first kappa shape index (κ1) is 23.1. The van der Waals surface area contributed by atoms with Gasteiger partial charge in [-0.2, -0.15) is 0 Å². The molecule has 29 heavy (non-hydrogen) atoms.